The van der Waals surface area contributed by atoms with E-state index in [-0.39, 0.29) is 0 Å². The van der Waals surface area contributed by atoms with Crippen LogP contribution in [0.25, 0.3) is 11.3 Å². The van der Waals surface area contributed by atoms with Crippen molar-refractivity contribution in [3.8, 4) is 11.3 Å². The highest BCUT2D eigenvalue weighted by Crippen LogP contribution is 2.29. The Morgan fingerprint density at radius 3 is 2.59 bits per heavy atom. The highest BCUT2D eigenvalue weighted by molar-refractivity contribution is 5.74. The number of nitrogen functional groups attached to an aromatic ring is 2. The van der Waals surface area contributed by atoms with Gasteiger partial charge in [0.05, 0.1) is 0 Å². The zero-order valence-electron chi connectivity index (χ0n) is 10.5. The van der Waals surface area contributed by atoms with Crippen molar-refractivity contribution in [1.29, 1.82) is 0 Å². The molecule has 0 unspecified atom stereocenters. The largest absolute Gasteiger partial charge is 0.382 e. The third kappa shape index (κ3) is 1.75. The van der Waals surface area contributed by atoms with E-state index in [4.69, 9.17) is 11.6 Å². The molecule has 0 aliphatic carbocycles. The minimum Gasteiger partial charge on any atom is -0.382 e. The van der Waals surface area contributed by atoms with Gasteiger partial charge in [-0.2, -0.15) is 0 Å². The SMILES string of the molecule is CCc1nc(-c2cccc(C)c2C)c(N)n1N. The summed E-state index contributed by atoms with van der Waals surface area (Å²) >= 11 is 0. The van der Waals surface area contributed by atoms with E-state index >= 15 is 0 Å². The Kier molecular flexibility index (Phi) is 2.79. The van der Waals surface area contributed by atoms with Gasteiger partial charge >= 0.3 is 0 Å². The molecule has 0 fully saturated rings. The third-order valence-electron chi connectivity index (χ3n) is 3.20. The van der Waals surface area contributed by atoms with Crippen molar-refractivity contribution in [1.82, 2.24) is 9.66 Å². The van der Waals surface area contributed by atoms with Gasteiger partial charge in [0.25, 0.3) is 0 Å². The second-order valence-electron chi connectivity index (χ2n) is 4.23. The Labute approximate surface area is 101 Å². The van der Waals surface area contributed by atoms with E-state index in [9.17, 15) is 0 Å². The molecule has 90 valence electrons. The minimum atomic E-state index is 0.524. The van der Waals surface area contributed by atoms with Gasteiger partial charge in [-0.15, -0.1) is 0 Å². The zero-order chi connectivity index (χ0) is 12.6. The third-order valence-corrected chi connectivity index (χ3v) is 3.20. The molecule has 0 aliphatic rings. The molecule has 1 aromatic carbocycles. The fraction of sp³-hybridized carbons (Fsp3) is 0.308. The lowest BCUT2D eigenvalue weighted by atomic mass is 10.0. The summed E-state index contributed by atoms with van der Waals surface area (Å²) in [6.45, 7) is 6.17. The van der Waals surface area contributed by atoms with Crippen LogP contribution in [0.5, 0.6) is 0 Å². The second kappa shape index (κ2) is 4.13. The minimum absolute atomic E-state index is 0.524. The highest BCUT2D eigenvalue weighted by Gasteiger charge is 2.15. The molecule has 2 rings (SSSR count). The summed E-state index contributed by atoms with van der Waals surface area (Å²) in [6, 6.07) is 6.12. The average Bonchev–Trinajstić information content (AvgIpc) is 2.60. The van der Waals surface area contributed by atoms with Crippen LogP contribution >= 0.6 is 0 Å². The molecule has 0 aliphatic heterocycles. The smallest absolute Gasteiger partial charge is 0.150 e. The van der Waals surface area contributed by atoms with Gasteiger partial charge in [-0.05, 0) is 25.0 Å². The van der Waals surface area contributed by atoms with E-state index in [1.807, 2.05) is 19.1 Å². The summed E-state index contributed by atoms with van der Waals surface area (Å²) in [5, 5.41) is 0. The summed E-state index contributed by atoms with van der Waals surface area (Å²) < 4.78 is 1.47. The number of rotatable bonds is 2. The molecule has 0 radical (unpaired) electrons. The fourth-order valence-electron chi connectivity index (χ4n) is 1.95. The monoisotopic (exact) mass is 230 g/mol. The van der Waals surface area contributed by atoms with Crippen LogP contribution in [0, 0.1) is 13.8 Å². The Morgan fingerprint density at radius 1 is 1.29 bits per heavy atom. The molecule has 0 saturated heterocycles. The molecule has 4 nitrogen and oxygen atoms in total. The number of imidazole rings is 1. The van der Waals surface area contributed by atoms with Crippen molar-refractivity contribution in [3.63, 3.8) is 0 Å². The fourth-order valence-corrected chi connectivity index (χ4v) is 1.95. The Bertz CT molecular complexity index is 555. The predicted octanol–water partition coefficient (Wildman–Crippen LogP) is 2.03. The predicted molar refractivity (Wildman–Crippen MR) is 71.1 cm³/mol. The van der Waals surface area contributed by atoms with Gasteiger partial charge < -0.3 is 11.6 Å². The molecule has 1 heterocycles. The first kappa shape index (κ1) is 11.5. The first-order chi connectivity index (χ1) is 8.06. The summed E-state index contributed by atoms with van der Waals surface area (Å²) in [5.41, 5.74) is 10.3. The van der Waals surface area contributed by atoms with Gasteiger partial charge in [0, 0.05) is 12.0 Å². The average molecular weight is 230 g/mol. The van der Waals surface area contributed by atoms with Gasteiger partial charge in [-0.3, -0.25) is 0 Å². The lowest BCUT2D eigenvalue weighted by Crippen LogP contribution is -2.14. The van der Waals surface area contributed by atoms with Crippen LogP contribution in [0.3, 0.4) is 0 Å². The van der Waals surface area contributed by atoms with E-state index in [1.165, 1.54) is 15.8 Å². The van der Waals surface area contributed by atoms with Crippen molar-refractivity contribution in [2.24, 2.45) is 0 Å². The molecular formula is C13H18N4. The van der Waals surface area contributed by atoms with Crippen LogP contribution in [0.4, 0.5) is 5.82 Å². The molecule has 2 aromatic rings. The number of aromatic nitrogens is 2. The van der Waals surface area contributed by atoms with Gasteiger partial charge in [0.1, 0.15) is 11.5 Å². The van der Waals surface area contributed by atoms with Gasteiger partial charge in [0.2, 0.25) is 0 Å². The standard InChI is InChI=1S/C13H18N4/c1-4-11-16-12(13(14)17(11)15)10-7-5-6-8(2)9(10)3/h5-7H,4,14-15H2,1-3H3. The van der Waals surface area contributed by atoms with Crippen LogP contribution in [-0.2, 0) is 6.42 Å². The molecule has 17 heavy (non-hydrogen) atoms. The van der Waals surface area contributed by atoms with Crippen molar-refractivity contribution in [2.45, 2.75) is 27.2 Å². The molecule has 0 bridgehead atoms. The van der Waals surface area contributed by atoms with Gasteiger partial charge in [0.15, 0.2) is 5.82 Å². The Balaban J connectivity index is 2.65. The van der Waals surface area contributed by atoms with E-state index in [0.717, 1.165) is 23.5 Å². The van der Waals surface area contributed by atoms with Crippen molar-refractivity contribution in [3.05, 3.63) is 35.2 Å². The Hall–Kier alpha value is -1.97. The molecule has 4 N–H and O–H groups in total. The van der Waals surface area contributed by atoms with Crippen LogP contribution in [0.1, 0.15) is 23.9 Å². The first-order valence-corrected chi connectivity index (χ1v) is 5.75. The van der Waals surface area contributed by atoms with Gasteiger partial charge in [-0.25, -0.2) is 9.66 Å². The number of nitrogens with zero attached hydrogens (tertiary/aromatic N) is 2. The van der Waals surface area contributed by atoms with E-state index in [2.05, 4.69) is 24.9 Å². The zero-order valence-corrected chi connectivity index (χ0v) is 10.5. The quantitative estimate of drug-likeness (QED) is 0.775. The van der Waals surface area contributed by atoms with E-state index in [1.54, 1.807) is 0 Å². The van der Waals surface area contributed by atoms with E-state index < -0.39 is 0 Å². The van der Waals surface area contributed by atoms with Crippen LogP contribution < -0.4 is 11.6 Å². The number of hydrogen-bond acceptors (Lipinski definition) is 3. The summed E-state index contributed by atoms with van der Waals surface area (Å²) in [7, 11) is 0. The van der Waals surface area contributed by atoms with Crippen molar-refractivity contribution in [2.75, 3.05) is 11.6 Å². The molecule has 4 heteroatoms. The van der Waals surface area contributed by atoms with Crippen molar-refractivity contribution >= 4 is 5.82 Å². The lowest BCUT2D eigenvalue weighted by molar-refractivity contribution is 0.865. The topological polar surface area (TPSA) is 69.9 Å². The maximum atomic E-state index is 6.01. The normalized spacial score (nSPS) is 10.8. The highest BCUT2D eigenvalue weighted by atomic mass is 15.4. The Morgan fingerprint density at radius 2 is 2.00 bits per heavy atom. The molecule has 1 aromatic heterocycles. The van der Waals surface area contributed by atoms with E-state index in [0.29, 0.717) is 5.82 Å². The first-order valence-electron chi connectivity index (χ1n) is 5.75. The van der Waals surface area contributed by atoms with Crippen LogP contribution in [0.2, 0.25) is 0 Å². The molecule has 0 saturated carbocycles. The van der Waals surface area contributed by atoms with Crippen LogP contribution in [0.15, 0.2) is 18.2 Å². The number of benzene rings is 1. The number of aryl methyl sites for hydroxylation is 2. The molecular weight excluding hydrogens is 212 g/mol. The summed E-state index contributed by atoms with van der Waals surface area (Å²) in [6.07, 6.45) is 0.769. The van der Waals surface area contributed by atoms with Crippen molar-refractivity contribution < 1.29 is 0 Å². The van der Waals surface area contributed by atoms with Gasteiger partial charge in [-0.1, -0.05) is 25.1 Å². The number of hydrogen-bond donors (Lipinski definition) is 2. The molecule has 0 spiro atoms. The summed E-state index contributed by atoms with van der Waals surface area (Å²) in [5.74, 6) is 7.20. The lowest BCUT2D eigenvalue weighted by Gasteiger charge is -2.06. The van der Waals surface area contributed by atoms with Crippen LogP contribution in [-0.4, -0.2) is 9.66 Å². The second-order valence-corrected chi connectivity index (χ2v) is 4.23. The molecule has 0 amide bonds. The summed E-state index contributed by atoms with van der Waals surface area (Å²) in [4.78, 5) is 4.51. The maximum absolute atomic E-state index is 6.01. The number of anilines is 1. The maximum Gasteiger partial charge on any atom is 0.150 e. The number of nitrogens with two attached hydrogens (primary N) is 2. The molecule has 0 atom stereocenters.